The zero-order valence-electron chi connectivity index (χ0n) is 54.8. The van der Waals surface area contributed by atoms with Crippen LogP contribution in [0.2, 0.25) is 74.5 Å². The van der Waals surface area contributed by atoms with Crippen LogP contribution in [0, 0.1) is 0 Å². The first kappa shape index (κ1) is 79.1. The summed E-state index contributed by atoms with van der Waals surface area (Å²) >= 11 is 0. The molecule has 0 aromatic rings. The number of rotatable bonds is 56. The van der Waals surface area contributed by atoms with Crippen molar-refractivity contribution < 1.29 is 69.6 Å². The van der Waals surface area contributed by atoms with E-state index in [4.69, 9.17) is 69.6 Å². The molecule has 0 aromatic heterocycles. The molecule has 80 heavy (non-hydrogen) atoms. The van der Waals surface area contributed by atoms with Gasteiger partial charge >= 0.3 is 69.5 Å². The summed E-state index contributed by atoms with van der Waals surface area (Å²) in [5.41, 5.74) is 0. The molecule has 0 atom stereocenters. The van der Waals surface area contributed by atoms with E-state index in [9.17, 15) is 0 Å². The van der Waals surface area contributed by atoms with E-state index in [2.05, 4.69) is 26.2 Å². The smallest absolute Gasteiger partial charge is 0.416 e. The minimum atomic E-state index is -2.68. The highest BCUT2D eigenvalue weighted by atomic mass is 28.5. The second kappa shape index (κ2) is 45.4. The number of unbranched alkanes of at least 4 members (excludes halogenated alkanes) is 28. The zero-order valence-corrected chi connectivity index (χ0v) is 62.8. The second-order valence-electron chi connectivity index (χ2n) is 23.4. The molecule has 1 rings (SSSR count). The zero-order chi connectivity index (χ0) is 59.6. The fourth-order valence-electron chi connectivity index (χ4n) is 11.9. The molecule has 24 heteroatoms. The third-order valence-electron chi connectivity index (χ3n) is 16.9. The predicted molar refractivity (Wildman–Crippen MR) is 344 cm³/mol. The molecular formula is C56H128O16Si8. The van der Waals surface area contributed by atoms with Gasteiger partial charge in [-0.05, 0) is 76.0 Å². The standard InChI is InChI=1S/C56H128O16Si8/c1-57-77(58-2,59-3)53-45-37-29-21-17-25-33-41-49-73(13)69-74(14,50-42-34-26-18-22-30-38-46-54-78(60-4,61-5)62-6)71-76(16,52-44-36-28-20-24-32-40-48-56-80(66-10,67-11)68-12)72-75(15,70-73)51-43-35-27-19-23-31-39-47-55-79(63-7,64-8)65-9/h17-56H2,1-16H3. The average molecular weight is 1280 g/mol. The molecule has 0 aromatic carbocycles. The lowest BCUT2D eigenvalue weighted by atomic mass is 10.1. The molecule has 480 valence electrons. The van der Waals surface area contributed by atoms with E-state index in [-0.39, 0.29) is 0 Å². The minimum absolute atomic E-state index is 0.872. The quantitative estimate of drug-likeness (QED) is 0.0420. The van der Waals surface area contributed by atoms with Crippen LogP contribution in [-0.2, 0) is 69.6 Å². The van der Waals surface area contributed by atoms with Gasteiger partial charge in [-0.1, -0.05) is 180 Å². The highest BCUT2D eigenvalue weighted by Gasteiger charge is 2.56. The Labute approximate surface area is 501 Å². The summed E-state index contributed by atoms with van der Waals surface area (Å²) in [4.78, 5) is 0. The topological polar surface area (TPSA) is 148 Å². The monoisotopic (exact) mass is 1280 g/mol. The van der Waals surface area contributed by atoms with Crippen molar-refractivity contribution in [3.05, 3.63) is 0 Å². The molecule has 16 nitrogen and oxygen atoms in total. The Kier molecular flexibility index (Phi) is 44.9. The molecular weight excluding hydrogens is 1150 g/mol. The largest absolute Gasteiger partial charge is 0.500 e. The third kappa shape index (κ3) is 32.9. The van der Waals surface area contributed by atoms with Gasteiger partial charge in [-0.25, -0.2) is 0 Å². The molecule has 0 N–H and O–H groups in total. The van der Waals surface area contributed by atoms with Gasteiger partial charge in [0.15, 0.2) is 0 Å². The van der Waals surface area contributed by atoms with E-state index < -0.39 is 69.5 Å². The predicted octanol–water partition coefficient (Wildman–Crippen LogP) is 16.3. The summed E-state index contributed by atoms with van der Waals surface area (Å²) in [6.45, 7) is 9.52. The first-order chi connectivity index (χ1) is 38.4. The molecule has 0 radical (unpaired) electrons. The molecule has 0 bridgehead atoms. The minimum Gasteiger partial charge on any atom is -0.416 e. The van der Waals surface area contributed by atoms with Crippen LogP contribution >= 0.6 is 0 Å². The van der Waals surface area contributed by atoms with Crippen molar-refractivity contribution in [2.24, 2.45) is 0 Å². The van der Waals surface area contributed by atoms with Crippen molar-refractivity contribution in [2.45, 2.75) is 280 Å². The second-order valence-corrected chi connectivity index (χ2v) is 50.1. The molecule has 1 fully saturated rings. The van der Waals surface area contributed by atoms with Gasteiger partial charge in [-0.3, -0.25) is 0 Å². The van der Waals surface area contributed by atoms with Gasteiger partial charge in [0.2, 0.25) is 0 Å². The van der Waals surface area contributed by atoms with Crippen LogP contribution in [0.4, 0.5) is 0 Å². The Hall–Kier alpha value is 1.10. The average Bonchev–Trinajstić information content (AvgIpc) is 3.45. The summed E-state index contributed by atoms with van der Waals surface area (Å²) in [5.74, 6) is 0. The van der Waals surface area contributed by atoms with Gasteiger partial charge < -0.3 is 69.6 Å². The highest BCUT2D eigenvalue weighted by molar-refractivity contribution is 6.94. The molecule has 1 aliphatic heterocycles. The van der Waals surface area contributed by atoms with Crippen LogP contribution < -0.4 is 0 Å². The molecule has 1 heterocycles. The van der Waals surface area contributed by atoms with Crippen LogP contribution in [0.1, 0.15) is 205 Å². The highest BCUT2D eigenvalue weighted by Crippen LogP contribution is 2.40. The van der Waals surface area contributed by atoms with Crippen LogP contribution in [0.3, 0.4) is 0 Å². The number of hydrogen-bond acceptors (Lipinski definition) is 16. The number of hydrogen-bond donors (Lipinski definition) is 0. The van der Waals surface area contributed by atoms with E-state index in [0.717, 1.165) is 99.7 Å². The molecule has 0 aliphatic carbocycles. The maximum absolute atomic E-state index is 7.71. The maximum atomic E-state index is 7.71. The normalized spacial score (nSPS) is 21.6. The fourth-order valence-corrected chi connectivity index (χ4v) is 42.7. The molecule has 0 amide bonds. The Morgan fingerprint density at radius 1 is 0.188 bits per heavy atom. The molecule has 0 unspecified atom stereocenters. The maximum Gasteiger partial charge on any atom is 0.500 e. The lowest BCUT2D eigenvalue weighted by Crippen LogP contribution is -2.67. The van der Waals surface area contributed by atoms with Crippen LogP contribution in [0.25, 0.3) is 0 Å². The molecule has 1 saturated heterocycles. The van der Waals surface area contributed by atoms with Gasteiger partial charge in [-0.15, -0.1) is 0 Å². The van der Waals surface area contributed by atoms with Gasteiger partial charge in [0.1, 0.15) is 0 Å². The van der Waals surface area contributed by atoms with Crippen LogP contribution in [0.15, 0.2) is 0 Å². The van der Waals surface area contributed by atoms with Crippen molar-refractivity contribution in [1.29, 1.82) is 0 Å². The summed E-state index contributed by atoms with van der Waals surface area (Å²) in [6, 6.07) is 7.49. The van der Waals surface area contributed by atoms with Crippen molar-refractivity contribution >= 4 is 69.5 Å². The van der Waals surface area contributed by atoms with Crippen LogP contribution in [0.5, 0.6) is 0 Å². The van der Waals surface area contributed by atoms with E-state index >= 15 is 0 Å². The summed E-state index contributed by atoms with van der Waals surface area (Å²) in [6.07, 6.45) is 38.3. The molecule has 1 aliphatic rings. The van der Waals surface area contributed by atoms with Crippen LogP contribution in [-0.4, -0.2) is 155 Å². The summed E-state index contributed by atoms with van der Waals surface area (Å²) < 4.78 is 98.5. The van der Waals surface area contributed by atoms with Crippen molar-refractivity contribution in [2.75, 3.05) is 85.3 Å². The van der Waals surface area contributed by atoms with E-state index in [1.807, 2.05) is 0 Å². The lowest BCUT2D eigenvalue weighted by molar-refractivity contribution is 0.122. The Morgan fingerprint density at radius 3 is 0.425 bits per heavy atom. The van der Waals surface area contributed by atoms with Crippen molar-refractivity contribution in [1.82, 2.24) is 0 Å². The first-order valence-corrected chi connectivity index (χ1v) is 49.6. The van der Waals surface area contributed by atoms with E-state index in [1.165, 1.54) is 154 Å². The van der Waals surface area contributed by atoms with Gasteiger partial charge in [-0.2, -0.15) is 0 Å². The van der Waals surface area contributed by atoms with Crippen molar-refractivity contribution in [3.63, 3.8) is 0 Å². The van der Waals surface area contributed by atoms with Gasteiger partial charge in [0, 0.05) is 109 Å². The lowest BCUT2D eigenvalue weighted by Gasteiger charge is -2.50. The summed E-state index contributed by atoms with van der Waals surface area (Å²) in [7, 11) is -0.229. The summed E-state index contributed by atoms with van der Waals surface area (Å²) in [5, 5.41) is 0. The Balaban J connectivity index is 3.11. The SMILES string of the molecule is CO[Si](CCCCCCCCCC[Si]1(C)O[Si](C)(CCCCCCCCCC[Si](OC)(OC)OC)O[Si](C)(CCCCCCCCCC[Si](OC)(OC)OC)O[Si](C)(CCCCCCCCCC[Si](OC)(OC)OC)O1)(OC)OC. The Bertz CT molecular complexity index is 1210. The van der Waals surface area contributed by atoms with E-state index in [1.54, 1.807) is 85.3 Å². The van der Waals surface area contributed by atoms with Gasteiger partial charge in [0.05, 0.1) is 0 Å². The third-order valence-corrected chi connectivity index (χ3v) is 47.1. The van der Waals surface area contributed by atoms with Gasteiger partial charge in [0.25, 0.3) is 0 Å². The van der Waals surface area contributed by atoms with E-state index in [0.29, 0.717) is 0 Å². The van der Waals surface area contributed by atoms with Crippen molar-refractivity contribution in [3.8, 4) is 0 Å². The Morgan fingerprint density at radius 2 is 0.300 bits per heavy atom. The molecule has 0 saturated carbocycles. The fraction of sp³-hybridized carbons (Fsp3) is 1.00. The molecule has 0 spiro atoms. The first-order valence-electron chi connectivity index (χ1n) is 31.8.